The summed E-state index contributed by atoms with van der Waals surface area (Å²) in [6.07, 6.45) is -0.481. The van der Waals surface area contributed by atoms with Gasteiger partial charge in [0.25, 0.3) is 5.91 Å². The molecule has 1 aromatic carbocycles. The van der Waals surface area contributed by atoms with Gasteiger partial charge in [-0.3, -0.25) is 10.1 Å². The summed E-state index contributed by atoms with van der Waals surface area (Å²) in [7, 11) is 0. The van der Waals surface area contributed by atoms with Crippen LogP contribution in [0.5, 0.6) is 0 Å². The molecule has 1 aromatic rings. The molecule has 1 saturated heterocycles. The molecule has 6 heteroatoms. The Hall–Kier alpha value is -2.08. The molecule has 0 spiro atoms. The first-order valence-corrected chi connectivity index (χ1v) is 7.05. The van der Waals surface area contributed by atoms with Crippen LogP contribution >= 0.6 is 0 Å². The van der Waals surface area contributed by atoms with Crippen molar-refractivity contribution in [1.29, 1.82) is 0 Å². The van der Waals surface area contributed by atoms with Crippen LogP contribution in [0.3, 0.4) is 0 Å². The van der Waals surface area contributed by atoms with Gasteiger partial charge in [-0.25, -0.2) is 4.79 Å². The number of morpholine rings is 1. The van der Waals surface area contributed by atoms with E-state index in [0.717, 1.165) is 0 Å². The molecule has 1 N–H and O–H groups in total. The average molecular weight is 292 g/mol. The Balaban J connectivity index is 2.05. The highest BCUT2D eigenvalue weighted by atomic mass is 16.5. The van der Waals surface area contributed by atoms with E-state index in [4.69, 9.17) is 9.47 Å². The van der Waals surface area contributed by atoms with Crippen LogP contribution in [0.1, 0.15) is 24.2 Å². The quantitative estimate of drug-likeness (QED) is 0.926. The van der Waals surface area contributed by atoms with Gasteiger partial charge >= 0.3 is 6.09 Å². The summed E-state index contributed by atoms with van der Waals surface area (Å²) in [5, 5.41) is 2.59. The van der Waals surface area contributed by atoms with Gasteiger partial charge in [-0.05, 0) is 32.0 Å². The van der Waals surface area contributed by atoms with Gasteiger partial charge < -0.3 is 14.4 Å². The Morgan fingerprint density at radius 3 is 3.00 bits per heavy atom. The minimum absolute atomic E-state index is 0.0449. The monoisotopic (exact) mass is 292 g/mol. The van der Waals surface area contributed by atoms with E-state index in [2.05, 4.69) is 5.32 Å². The second-order valence-electron chi connectivity index (χ2n) is 4.86. The molecule has 0 radical (unpaired) electrons. The highest BCUT2D eigenvalue weighted by Crippen LogP contribution is 2.15. The minimum Gasteiger partial charge on any atom is -0.450 e. The van der Waals surface area contributed by atoms with Crippen molar-refractivity contribution in [2.45, 2.75) is 20.0 Å². The molecule has 2 rings (SSSR count). The zero-order chi connectivity index (χ0) is 15.2. The fraction of sp³-hybridized carbons (Fsp3) is 0.467. The SMILES string of the molecule is CCOC(=O)Nc1cccc(C(=O)N2CCOC(C)C2)c1. The van der Waals surface area contributed by atoms with E-state index in [1.807, 2.05) is 6.92 Å². The van der Waals surface area contributed by atoms with Crippen molar-refractivity contribution in [1.82, 2.24) is 4.90 Å². The van der Waals surface area contributed by atoms with E-state index in [1.54, 1.807) is 36.1 Å². The number of nitrogens with one attached hydrogen (secondary N) is 1. The summed E-state index contributed by atoms with van der Waals surface area (Å²) >= 11 is 0. The van der Waals surface area contributed by atoms with E-state index < -0.39 is 6.09 Å². The van der Waals surface area contributed by atoms with Crippen LogP contribution in [0.2, 0.25) is 0 Å². The third-order valence-electron chi connectivity index (χ3n) is 3.16. The van der Waals surface area contributed by atoms with E-state index in [-0.39, 0.29) is 12.0 Å². The highest BCUT2D eigenvalue weighted by Gasteiger charge is 2.22. The van der Waals surface area contributed by atoms with Crippen molar-refractivity contribution in [2.75, 3.05) is 31.6 Å². The molecule has 6 nitrogen and oxygen atoms in total. The first kappa shape index (κ1) is 15.3. The number of hydrogen-bond donors (Lipinski definition) is 1. The molecule has 0 aliphatic carbocycles. The lowest BCUT2D eigenvalue weighted by atomic mass is 10.1. The first-order valence-electron chi connectivity index (χ1n) is 7.05. The van der Waals surface area contributed by atoms with Gasteiger partial charge in [0.2, 0.25) is 0 Å². The van der Waals surface area contributed by atoms with Crippen molar-refractivity contribution >= 4 is 17.7 Å². The molecular weight excluding hydrogens is 272 g/mol. The number of amides is 2. The number of carbonyl (C=O) groups excluding carboxylic acids is 2. The van der Waals surface area contributed by atoms with Crippen LogP contribution in [-0.4, -0.2) is 49.3 Å². The fourth-order valence-corrected chi connectivity index (χ4v) is 2.20. The average Bonchev–Trinajstić information content (AvgIpc) is 2.47. The molecule has 2 amide bonds. The Labute approximate surface area is 124 Å². The van der Waals surface area contributed by atoms with Gasteiger partial charge in [0.1, 0.15) is 0 Å². The summed E-state index contributed by atoms with van der Waals surface area (Å²) in [6, 6.07) is 6.84. The molecule has 0 saturated carbocycles. The van der Waals surface area contributed by atoms with Crippen LogP contribution in [0, 0.1) is 0 Å². The Morgan fingerprint density at radius 2 is 2.29 bits per heavy atom. The van der Waals surface area contributed by atoms with Gasteiger partial charge in [-0.15, -0.1) is 0 Å². The first-order chi connectivity index (χ1) is 10.1. The van der Waals surface area contributed by atoms with Gasteiger partial charge in [0.05, 0.1) is 19.3 Å². The number of anilines is 1. The Kier molecular flexibility index (Phi) is 5.16. The standard InChI is InChI=1S/C15H20N2O4/c1-3-20-15(19)16-13-6-4-5-12(9-13)14(18)17-7-8-21-11(2)10-17/h4-6,9,11H,3,7-8,10H2,1-2H3,(H,16,19). The summed E-state index contributed by atoms with van der Waals surface area (Å²) in [5.41, 5.74) is 1.08. The lowest BCUT2D eigenvalue weighted by Gasteiger charge is -2.31. The predicted octanol–water partition coefficient (Wildman–Crippen LogP) is 2.12. The topological polar surface area (TPSA) is 67.9 Å². The maximum atomic E-state index is 12.4. The number of ether oxygens (including phenoxy) is 2. The summed E-state index contributed by atoms with van der Waals surface area (Å²) < 4.78 is 10.2. The molecular formula is C15H20N2O4. The van der Waals surface area contributed by atoms with E-state index >= 15 is 0 Å². The smallest absolute Gasteiger partial charge is 0.411 e. The second-order valence-corrected chi connectivity index (χ2v) is 4.86. The van der Waals surface area contributed by atoms with Crippen LogP contribution in [0.4, 0.5) is 10.5 Å². The van der Waals surface area contributed by atoms with Gasteiger partial charge in [0, 0.05) is 24.3 Å². The van der Waals surface area contributed by atoms with Gasteiger partial charge in [-0.1, -0.05) is 6.07 Å². The highest BCUT2D eigenvalue weighted by molar-refractivity contribution is 5.96. The number of rotatable bonds is 3. The summed E-state index contributed by atoms with van der Waals surface area (Å²) in [4.78, 5) is 25.6. The molecule has 0 bridgehead atoms. The molecule has 1 aliphatic rings. The van der Waals surface area contributed by atoms with E-state index in [9.17, 15) is 9.59 Å². The summed E-state index contributed by atoms with van der Waals surface area (Å²) in [6.45, 7) is 5.69. The Bertz CT molecular complexity index is 518. The largest absolute Gasteiger partial charge is 0.450 e. The van der Waals surface area contributed by atoms with Crippen molar-refractivity contribution in [3.63, 3.8) is 0 Å². The molecule has 1 fully saturated rings. The lowest BCUT2D eigenvalue weighted by Crippen LogP contribution is -2.44. The van der Waals surface area contributed by atoms with Crippen molar-refractivity contribution in [2.24, 2.45) is 0 Å². The van der Waals surface area contributed by atoms with Crippen LogP contribution < -0.4 is 5.32 Å². The summed E-state index contributed by atoms with van der Waals surface area (Å²) in [5.74, 6) is -0.0577. The van der Waals surface area contributed by atoms with Gasteiger partial charge in [0.15, 0.2) is 0 Å². The Morgan fingerprint density at radius 1 is 1.48 bits per heavy atom. The number of hydrogen-bond acceptors (Lipinski definition) is 4. The van der Waals surface area contributed by atoms with Crippen molar-refractivity contribution in [3.05, 3.63) is 29.8 Å². The number of benzene rings is 1. The zero-order valence-corrected chi connectivity index (χ0v) is 12.3. The third-order valence-corrected chi connectivity index (χ3v) is 3.16. The fourth-order valence-electron chi connectivity index (χ4n) is 2.20. The lowest BCUT2D eigenvalue weighted by molar-refractivity contribution is -0.0124. The molecule has 21 heavy (non-hydrogen) atoms. The minimum atomic E-state index is -0.526. The van der Waals surface area contributed by atoms with Gasteiger partial charge in [-0.2, -0.15) is 0 Å². The van der Waals surface area contributed by atoms with Crippen molar-refractivity contribution < 1.29 is 19.1 Å². The third kappa shape index (κ3) is 4.19. The molecule has 1 unspecified atom stereocenters. The van der Waals surface area contributed by atoms with Crippen LogP contribution in [-0.2, 0) is 9.47 Å². The van der Waals surface area contributed by atoms with E-state index in [1.165, 1.54) is 0 Å². The molecule has 0 aromatic heterocycles. The zero-order valence-electron chi connectivity index (χ0n) is 12.3. The number of carbonyl (C=O) groups is 2. The normalized spacial score (nSPS) is 18.2. The molecule has 1 atom stereocenters. The number of nitrogens with zero attached hydrogens (tertiary/aromatic N) is 1. The maximum absolute atomic E-state index is 12.4. The van der Waals surface area contributed by atoms with Crippen molar-refractivity contribution in [3.8, 4) is 0 Å². The second kappa shape index (κ2) is 7.08. The van der Waals surface area contributed by atoms with Crippen LogP contribution in [0.15, 0.2) is 24.3 Å². The van der Waals surface area contributed by atoms with E-state index in [0.29, 0.717) is 37.6 Å². The molecule has 1 aliphatic heterocycles. The predicted molar refractivity (Wildman–Crippen MR) is 78.4 cm³/mol. The molecule has 114 valence electrons. The maximum Gasteiger partial charge on any atom is 0.411 e. The molecule has 1 heterocycles. The van der Waals surface area contributed by atoms with Crippen LogP contribution in [0.25, 0.3) is 0 Å².